The lowest BCUT2D eigenvalue weighted by molar-refractivity contribution is -0.119. The molecule has 0 N–H and O–H groups in total. The molecule has 3 aliphatic carbocycles. The zero-order chi connectivity index (χ0) is 31.5. The summed E-state index contributed by atoms with van der Waals surface area (Å²) in [4.78, 5) is 15.2. The first-order valence-corrected chi connectivity index (χ1v) is 18.0. The summed E-state index contributed by atoms with van der Waals surface area (Å²) in [6.07, 6.45) is 36.3. The molecule has 2 unspecified atom stereocenters. The number of nitrogens with zero attached hydrogens (tertiary/aromatic N) is 1. The van der Waals surface area contributed by atoms with Gasteiger partial charge in [-0.15, -0.1) is 0 Å². The average molecular weight is 602 g/mol. The van der Waals surface area contributed by atoms with E-state index < -0.39 is 0 Å². The molecule has 2 atom stereocenters. The van der Waals surface area contributed by atoms with E-state index in [2.05, 4.69) is 76.0 Å². The molecule has 0 amide bonds. The standard InChI is InChI=1S/C41H60FNO/c1-6-8-13-34-27-29-43(37-24-22-36(42)23-25-37)39(38(34)10-7-2)30-33-16-14-31(15-17-33)11-9-12-32-18-20-35(21-19-32)40(44)26-28-41(3,4)5/h10,13-14,16-17,22,24,26,28,31-32,35,39H,6-9,11-12,15,18-21,23,25,27,29-30H2,1-5H3/b28-26-,34-13-,38-10+. The highest BCUT2D eigenvalue weighted by atomic mass is 19.1. The fourth-order valence-corrected chi connectivity index (χ4v) is 7.52. The molecule has 0 aromatic carbocycles. The first kappa shape index (κ1) is 34.5. The molecule has 44 heavy (non-hydrogen) atoms. The van der Waals surface area contributed by atoms with Gasteiger partial charge in [-0.05, 0) is 123 Å². The molecule has 0 bridgehead atoms. The van der Waals surface area contributed by atoms with Gasteiger partial charge in [-0.25, -0.2) is 4.39 Å². The van der Waals surface area contributed by atoms with Crippen LogP contribution in [-0.2, 0) is 4.79 Å². The summed E-state index contributed by atoms with van der Waals surface area (Å²) in [7, 11) is 0. The van der Waals surface area contributed by atoms with Crippen molar-refractivity contribution < 1.29 is 9.18 Å². The Morgan fingerprint density at radius 3 is 2.45 bits per heavy atom. The van der Waals surface area contributed by atoms with Gasteiger partial charge >= 0.3 is 0 Å². The zero-order valence-corrected chi connectivity index (χ0v) is 28.6. The molecule has 3 heteroatoms. The van der Waals surface area contributed by atoms with Crippen molar-refractivity contribution in [3.05, 3.63) is 82.9 Å². The number of hydrogen-bond acceptors (Lipinski definition) is 2. The number of carbonyl (C=O) groups is 1. The molecule has 1 heterocycles. The van der Waals surface area contributed by atoms with Crippen molar-refractivity contribution in [1.82, 2.24) is 4.90 Å². The average Bonchev–Trinajstić information content (AvgIpc) is 3.01. The minimum absolute atomic E-state index is 0.00550. The molecule has 0 spiro atoms. The van der Waals surface area contributed by atoms with Crippen molar-refractivity contribution in [1.29, 1.82) is 0 Å². The van der Waals surface area contributed by atoms with E-state index in [1.165, 1.54) is 60.9 Å². The maximum atomic E-state index is 13.9. The number of likely N-dealkylation sites (tertiary alicyclic amines) is 1. The lowest BCUT2D eigenvalue weighted by atomic mass is 9.77. The summed E-state index contributed by atoms with van der Waals surface area (Å²) in [5.41, 5.74) is 5.86. The molecule has 2 fully saturated rings. The predicted octanol–water partition coefficient (Wildman–Crippen LogP) is 11.7. The Morgan fingerprint density at radius 2 is 1.82 bits per heavy atom. The van der Waals surface area contributed by atoms with E-state index in [4.69, 9.17) is 0 Å². The van der Waals surface area contributed by atoms with Crippen LogP contribution in [0.25, 0.3) is 0 Å². The summed E-state index contributed by atoms with van der Waals surface area (Å²) >= 11 is 0. The summed E-state index contributed by atoms with van der Waals surface area (Å²) in [5.74, 6) is 2.02. The van der Waals surface area contributed by atoms with Crippen LogP contribution in [0.4, 0.5) is 4.39 Å². The van der Waals surface area contributed by atoms with Gasteiger partial charge in [0.1, 0.15) is 5.83 Å². The largest absolute Gasteiger partial charge is 0.367 e. The maximum absolute atomic E-state index is 13.9. The number of allylic oxidation sites excluding steroid dienone is 11. The zero-order valence-electron chi connectivity index (χ0n) is 28.6. The van der Waals surface area contributed by atoms with Crippen LogP contribution in [0, 0.1) is 23.2 Å². The summed E-state index contributed by atoms with van der Waals surface area (Å²) < 4.78 is 13.9. The van der Waals surface area contributed by atoms with Crippen LogP contribution in [0.5, 0.6) is 0 Å². The van der Waals surface area contributed by atoms with Gasteiger partial charge in [-0.1, -0.05) is 90.3 Å². The molecule has 2 nitrogen and oxygen atoms in total. The molecule has 1 saturated carbocycles. The summed E-state index contributed by atoms with van der Waals surface area (Å²) in [6.45, 7) is 12.0. The van der Waals surface area contributed by atoms with E-state index in [0.29, 0.717) is 24.2 Å². The van der Waals surface area contributed by atoms with Crippen molar-refractivity contribution in [3.8, 4) is 0 Å². The van der Waals surface area contributed by atoms with Gasteiger partial charge < -0.3 is 4.90 Å². The van der Waals surface area contributed by atoms with Crippen molar-refractivity contribution in [2.75, 3.05) is 6.54 Å². The number of unbranched alkanes of at least 4 members (excludes halogenated alkanes) is 1. The predicted molar refractivity (Wildman–Crippen MR) is 186 cm³/mol. The van der Waals surface area contributed by atoms with Crippen molar-refractivity contribution in [2.24, 2.45) is 23.2 Å². The molecular weight excluding hydrogens is 541 g/mol. The molecule has 0 aromatic rings. The SMILES string of the molecule is CC/C=C1\C(=C/CCC)CCN(C2=CC=C(F)CC2)C1CC1=CCC(CCCC2CCC(C(=O)/C=C\C(C)(C)C)CC2)C=C1. The van der Waals surface area contributed by atoms with Gasteiger partial charge in [0, 0.05) is 24.6 Å². The molecular formula is C41H60FNO. The van der Waals surface area contributed by atoms with Crippen LogP contribution < -0.4 is 0 Å². The van der Waals surface area contributed by atoms with Crippen LogP contribution in [0.2, 0.25) is 0 Å². The van der Waals surface area contributed by atoms with Crippen molar-refractivity contribution in [2.45, 2.75) is 137 Å². The second-order valence-corrected chi connectivity index (χ2v) is 14.9. The van der Waals surface area contributed by atoms with Crippen LogP contribution >= 0.6 is 0 Å². The molecule has 1 aliphatic heterocycles. The van der Waals surface area contributed by atoms with Crippen LogP contribution in [0.1, 0.15) is 131 Å². The van der Waals surface area contributed by atoms with E-state index in [0.717, 1.165) is 63.8 Å². The first-order chi connectivity index (χ1) is 21.2. The topological polar surface area (TPSA) is 20.3 Å². The lowest BCUT2D eigenvalue weighted by Crippen LogP contribution is -2.42. The number of hydrogen-bond donors (Lipinski definition) is 0. The molecule has 242 valence electrons. The number of ketones is 1. The van der Waals surface area contributed by atoms with Crippen molar-refractivity contribution >= 4 is 5.78 Å². The molecule has 1 saturated heterocycles. The van der Waals surface area contributed by atoms with Gasteiger partial charge in [0.2, 0.25) is 0 Å². The fourth-order valence-electron chi connectivity index (χ4n) is 7.52. The minimum Gasteiger partial charge on any atom is -0.367 e. The highest BCUT2D eigenvalue weighted by Gasteiger charge is 2.32. The number of carbonyl (C=O) groups excluding carboxylic acids is 1. The normalized spacial score (nSPS) is 28.4. The second-order valence-electron chi connectivity index (χ2n) is 14.9. The first-order valence-electron chi connectivity index (χ1n) is 18.0. The summed E-state index contributed by atoms with van der Waals surface area (Å²) in [6, 6.07) is 0.325. The van der Waals surface area contributed by atoms with Gasteiger partial charge in [0.25, 0.3) is 0 Å². The number of halogens is 1. The molecule has 4 aliphatic rings. The Kier molecular flexibility index (Phi) is 13.1. The second kappa shape index (κ2) is 16.8. The molecule has 0 radical (unpaired) electrons. The smallest absolute Gasteiger partial charge is 0.158 e. The quantitative estimate of drug-likeness (QED) is 0.207. The van der Waals surface area contributed by atoms with Gasteiger partial charge in [0.15, 0.2) is 5.78 Å². The van der Waals surface area contributed by atoms with Gasteiger partial charge in [-0.2, -0.15) is 0 Å². The Balaban J connectivity index is 1.29. The van der Waals surface area contributed by atoms with E-state index in [-0.39, 0.29) is 17.2 Å². The third-order valence-corrected chi connectivity index (χ3v) is 10.2. The summed E-state index contributed by atoms with van der Waals surface area (Å²) in [5, 5.41) is 0. The third kappa shape index (κ3) is 10.3. The van der Waals surface area contributed by atoms with Crippen molar-refractivity contribution in [3.63, 3.8) is 0 Å². The molecule has 0 aromatic heterocycles. The van der Waals surface area contributed by atoms with E-state index in [1.54, 1.807) is 6.08 Å². The molecule has 4 rings (SSSR count). The van der Waals surface area contributed by atoms with E-state index >= 15 is 0 Å². The van der Waals surface area contributed by atoms with Gasteiger partial charge in [0.05, 0.1) is 6.04 Å². The highest BCUT2D eigenvalue weighted by molar-refractivity contribution is 5.91. The fraction of sp³-hybridized carbons (Fsp3) is 0.634. The maximum Gasteiger partial charge on any atom is 0.158 e. The Labute approximate surface area is 269 Å². The Hall–Kier alpha value is -2.42. The Morgan fingerprint density at radius 1 is 1.02 bits per heavy atom. The third-order valence-electron chi connectivity index (χ3n) is 10.2. The van der Waals surface area contributed by atoms with Crippen LogP contribution in [0.15, 0.2) is 82.9 Å². The van der Waals surface area contributed by atoms with Crippen LogP contribution in [0.3, 0.4) is 0 Å². The van der Waals surface area contributed by atoms with E-state index in [1.807, 2.05) is 12.2 Å². The Bertz CT molecular complexity index is 1180. The van der Waals surface area contributed by atoms with Gasteiger partial charge in [-0.3, -0.25) is 4.79 Å². The number of rotatable bonds is 12. The van der Waals surface area contributed by atoms with E-state index in [9.17, 15) is 9.18 Å². The minimum atomic E-state index is 0.00550. The lowest BCUT2D eigenvalue weighted by Gasteiger charge is -2.43. The monoisotopic (exact) mass is 601 g/mol. The highest BCUT2D eigenvalue weighted by Crippen LogP contribution is 2.39. The van der Waals surface area contributed by atoms with Crippen LogP contribution in [-0.4, -0.2) is 23.3 Å². The number of piperidine rings is 1.